The fraction of sp³-hybridized carbons (Fsp3) is 0.158. The number of hydrogen-bond donors (Lipinski definition) is 1. The Kier molecular flexibility index (Phi) is 4.62. The second-order valence-corrected chi connectivity index (χ2v) is 5.46. The second-order valence-electron chi connectivity index (χ2n) is 5.46. The molecule has 0 aliphatic heterocycles. The molecule has 1 aromatic heterocycles. The number of hydrogen-bond acceptors (Lipinski definition) is 5. The van der Waals surface area contributed by atoms with Crippen LogP contribution in [0, 0.1) is 5.82 Å². The van der Waals surface area contributed by atoms with Crippen molar-refractivity contribution in [1.82, 2.24) is 4.98 Å². The number of carbonyl (C=O) groups is 2. The number of aromatic nitrogens is 1. The molecular weight excluding hydrogens is 341 g/mol. The van der Waals surface area contributed by atoms with Crippen LogP contribution in [-0.2, 0) is 9.47 Å². The molecule has 26 heavy (non-hydrogen) atoms. The van der Waals surface area contributed by atoms with Gasteiger partial charge in [0.1, 0.15) is 17.3 Å². The summed E-state index contributed by atoms with van der Waals surface area (Å²) in [4.78, 5) is 27.1. The Morgan fingerprint density at radius 3 is 2.19 bits per heavy atom. The molecule has 134 valence electrons. The Morgan fingerprint density at radius 2 is 1.62 bits per heavy atom. The first-order valence-corrected chi connectivity index (χ1v) is 7.66. The maximum atomic E-state index is 13.2. The fourth-order valence-electron chi connectivity index (χ4n) is 2.82. The van der Waals surface area contributed by atoms with E-state index in [4.69, 9.17) is 14.2 Å². The van der Waals surface area contributed by atoms with Gasteiger partial charge in [-0.15, -0.1) is 0 Å². The van der Waals surface area contributed by atoms with Gasteiger partial charge in [0.2, 0.25) is 0 Å². The van der Waals surface area contributed by atoms with Crippen molar-refractivity contribution in [2.24, 2.45) is 0 Å². The number of methoxy groups -OCH3 is 3. The molecule has 3 aromatic rings. The van der Waals surface area contributed by atoms with E-state index >= 15 is 0 Å². The topological polar surface area (TPSA) is 77.6 Å². The minimum atomic E-state index is -0.691. The second kappa shape index (κ2) is 6.87. The average Bonchev–Trinajstić information content (AvgIpc) is 3.04. The summed E-state index contributed by atoms with van der Waals surface area (Å²) in [7, 11) is 3.94. The van der Waals surface area contributed by atoms with Crippen LogP contribution >= 0.6 is 0 Å². The zero-order valence-corrected chi connectivity index (χ0v) is 14.4. The van der Waals surface area contributed by atoms with Crippen LogP contribution < -0.4 is 4.74 Å². The van der Waals surface area contributed by atoms with Crippen molar-refractivity contribution in [3.63, 3.8) is 0 Å². The summed E-state index contributed by atoms with van der Waals surface area (Å²) in [5.74, 6) is -1.25. The van der Waals surface area contributed by atoms with Crippen LogP contribution in [0.5, 0.6) is 5.75 Å². The molecule has 0 saturated heterocycles. The lowest BCUT2D eigenvalue weighted by atomic mass is 10.0. The number of esters is 2. The molecule has 6 nitrogen and oxygen atoms in total. The molecule has 0 fully saturated rings. The van der Waals surface area contributed by atoms with Gasteiger partial charge in [-0.2, -0.15) is 0 Å². The smallest absolute Gasteiger partial charge is 0.355 e. The Balaban J connectivity index is 2.29. The van der Waals surface area contributed by atoms with Crippen molar-refractivity contribution in [2.75, 3.05) is 21.3 Å². The van der Waals surface area contributed by atoms with E-state index in [9.17, 15) is 14.0 Å². The first-order valence-electron chi connectivity index (χ1n) is 7.66. The highest BCUT2D eigenvalue weighted by Crippen LogP contribution is 2.36. The van der Waals surface area contributed by atoms with Crippen molar-refractivity contribution in [3.8, 4) is 16.9 Å². The Bertz CT molecular complexity index is 991. The van der Waals surface area contributed by atoms with Gasteiger partial charge in [-0.1, -0.05) is 12.1 Å². The molecule has 1 heterocycles. The van der Waals surface area contributed by atoms with Crippen molar-refractivity contribution in [3.05, 3.63) is 53.5 Å². The van der Waals surface area contributed by atoms with E-state index in [1.165, 1.54) is 33.5 Å². The molecule has 0 radical (unpaired) electrons. The van der Waals surface area contributed by atoms with Gasteiger partial charge in [0.05, 0.1) is 26.9 Å². The van der Waals surface area contributed by atoms with Gasteiger partial charge in [0.25, 0.3) is 0 Å². The number of H-pyrrole nitrogens is 1. The van der Waals surface area contributed by atoms with Gasteiger partial charge in [-0.25, -0.2) is 14.0 Å². The van der Waals surface area contributed by atoms with E-state index < -0.39 is 11.9 Å². The Labute approximate surface area is 148 Å². The summed E-state index contributed by atoms with van der Waals surface area (Å²) < 4.78 is 28.2. The van der Waals surface area contributed by atoms with E-state index in [0.29, 0.717) is 22.2 Å². The van der Waals surface area contributed by atoms with Crippen LogP contribution in [0.3, 0.4) is 0 Å². The van der Waals surface area contributed by atoms with Gasteiger partial charge in [-0.3, -0.25) is 0 Å². The summed E-state index contributed by atoms with van der Waals surface area (Å²) >= 11 is 0. The molecule has 0 atom stereocenters. The maximum Gasteiger partial charge on any atom is 0.355 e. The largest absolute Gasteiger partial charge is 0.496 e. The number of aromatic amines is 1. The molecule has 0 aliphatic carbocycles. The average molecular weight is 357 g/mol. The number of carbonyl (C=O) groups excluding carboxylic acids is 2. The van der Waals surface area contributed by atoms with Crippen molar-refractivity contribution in [1.29, 1.82) is 0 Å². The molecule has 0 amide bonds. The summed E-state index contributed by atoms with van der Waals surface area (Å²) in [6.45, 7) is 0. The lowest BCUT2D eigenvalue weighted by Gasteiger charge is -2.10. The number of ether oxygens (including phenoxy) is 3. The van der Waals surface area contributed by atoms with E-state index in [0.717, 1.165) is 5.56 Å². The number of halogens is 1. The zero-order valence-electron chi connectivity index (χ0n) is 14.4. The summed E-state index contributed by atoms with van der Waals surface area (Å²) in [6.07, 6.45) is 0. The highest BCUT2D eigenvalue weighted by molar-refractivity contribution is 6.13. The molecule has 2 aromatic carbocycles. The standard InChI is InChI=1S/C19H16FNO5/c1-24-15-9-13-14(8-12(15)10-4-6-11(20)7-5-10)21-17(19(23)26-3)16(13)18(22)25-2/h4-9,21H,1-3H3. The number of nitrogens with one attached hydrogen (secondary N) is 1. The Hall–Kier alpha value is -3.35. The minimum Gasteiger partial charge on any atom is -0.496 e. The van der Waals surface area contributed by atoms with Gasteiger partial charge in [0, 0.05) is 16.5 Å². The highest BCUT2D eigenvalue weighted by Gasteiger charge is 2.26. The first-order chi connectivity index (χ1) is 12.5. The third kappa shape index (κ3) is 2.88. The molecule has 3 rings (SSSR count). The SMILES string of the molecule is COC(=O)c1[nH]c2cc(-c3ccc(F)cc3)c(OC)cc2c1C(=O)OC. The third-order valence-corrected chi connectivity index (χ3v) is 4.05. The van der Waals surface area contributed by atoms with Crippen LogP contribution in [0.15, 0.2) is 36.4 Å². The molecule has 0 unspecified atom stereocenters. The lowest BCUT2D eigenvalue weighted by Crippen LogP contribution is -2.10. The quantitative estimate of drug-likeness (QED) is 0.723. The number of rotatable bonds is 4. The third-order valence-electron chi connectivity index (χ3n) is 4.05. The van der Waals surface area contributed by atoms with Crippen LogP contribution in [0.4, 0.5) is 4.39 Å². The monoisotopic (exact) mass is 357 g/mol. The van der Waals surface area contributed by atoms with Gasteiger partial charge in [0.15, 0.2) is 0 Å². The number of fused-ring (bicyclic) bond motifs is 1. The van der Waals surface area contributed by atoms with E-state index in [-0.39, 0.29) is 17.1 Å². The molecular formula is C19H16FNO5. The zero-order chi connectivity index (χ0) is 18.8. The van der Waals surface area contributed by atoms with Crippen LogP contribution in [0.2, 0.25) is 0 Å². The van der Waals surface area contributed by atoms with Crippen molar-refractivity contribution >= 4 is 22.8 Å². The highest BCUT2D eigenvalue weighted by atomic mass is 19.1. The predicted octanol–water partition coefficient (Wildman–Crippen LogP) is 3.56. The molecule has 0 saturated carbocycles. The fourth-order valence-corrected chi connectivity index (χ4v) is 2.82. The minimum absolute atomic E-state index is 0.00680. The van der Waals surface area contributed by atoms with Crippen LogP contribution in [0.25, 0.3) is 22.0 Å². The Morgan fingerprint density at radius 1 is 0.962 bits per heavy atom. The maximum absolute atomic E-state index is 13.2. The van der Waals surface area contributed by atoms with Crippen molar-refractivity contribution < 1.29 is 28.2 Å². The molecule has 7 heteroatoms. The van der Waals surface area contributed by atoms with Crippen molar-refractivity contribution in [2.45, 2.75) is 0 Å². The molecule has 0 bridgehead atoms. The van der Waals surface area contributed by atoms with Crippen LogP contribution in [0.1, 0.15) is 20.8 Å². The predicted molar refractivity (Wildman–Crippen MR) is 92.9 cm³/mol. The van der Waals surface area contributed by atoms with Gasteiger partial charge >= 0.3 is 11.9 Å². The number of benzene rings is 2. The molecule has 0 spiro atoms. The first kappa shape index (κ1) is 17.5. The van der Waals surface area contributed by atoms with E-state index in [1.54, 1.807) is 24.3 Å². The van der Waals surface area contributed by atoms with Crippen LogP contribution in [-0.4, -0.2) is 38.3 Å². The molecule has 1 N–H and O–H groups in total. The normalized spacial score (nSPS) is 10.6. The lowest BCUT2D eigenvalue weighted by molar-refractivity contribution is 0.0553. The van der Waals surface area contributed by atoms with E-state index in [1.807, 2.05) is 0 Å². The summed E-state index contributed by atoms with van der Waals surface area (Å²) in [5.41, 5.74) is 1.98. The molecule has 0 aliphatic rings. The van der Waals surface area contributed by atoms with Gasteiger partial charge < -0.3 is 19.2 Å². The van der Waals surface area contributed by atoms with Gasteiger partial charge in [-0.05, 0) is 29.8 Å². The summed E-state index contributed by atoms with van der Waals surface area (Å²) in [5, 5.41) is 0.458. The van der Waals surface area contributed by atoms with E-state index in [2.05, 4.69) is 4.98 Å². The summed E-state index contributed by atoms with van der Waals surface area (Å²) in [6, 6.07) is 9.26.